The van der Waals surface area contributed by atoms with Crippen LogP contribution in [0.25, 0.3) is 0 Å². The van der Waals surface area contributed by atoms with Gasteiger partial charge in [-0.15, -0.1) is 0 Å². The Morgan fingerprint density at radius 1 is 0.889 bits per heavy atom. The largest absolute Gasteiger partial charge is 0.418 e. The molecule has 2 heterocycles. The van der Waals surface area contributed by atoms with Crippen LogP contribution < -0.4 is 0 Å². The van der Waals surface area contributed by atoms with Gasteiger partial charge in [0, 0.05) is 25.2 Å². The third-order valence-corrected chi connectivity index (χ3v) is 7.91. The van der Waals surface area contributed by atoms with Crippen molar-refractivity contribution in [2.24, 2.45) is 5.92 Å². The maximum Gasteiger partial charge on any atom is 0.190 e. The first-order valence-corrected chi connectivity index (χ1v) is 13.1. The van der Waals surface area contributed by atoms with Gasteiger partial charge >= 0.3 is 0 Å². The fourth-order valence-electron chi connectivity index (χ4n) is 4.18. The maximum atomic E-state index is 6.59. The molecule has 0 N–H and O–H groups in total. The molecule has 0 saturated carbocycles. The van der Waals surface area contributed by atoms with Crippen molar-refractivity contribution in [1.29, 1.82) is 0 Å². The van der Waals surface area contributed by atoms with Crippen LogP contribution in [0.3, 0.4) is 0 Å². The van der Waals surface area contributed by atoms with Crippen molar-refractivity contribution in [3.8, 4) is 0 Å². The van der Waals surface area contributed by atoms with Gasteiger partial charge in [-0.2, -0.15) is 0 Å². The first kappa shape index (κ1) is 23.3. The predicted molar refractivity (Wildman–Crippen MR) is 114 cm³/mol. The molecule has 2 saturated heterocycles. The molecule has 0 bridgehead atoms. The Labute approximate surface area is 170 Å². The highest BCUT2D eigenvalue weighted by Gasteiger charge is 2.34. The molecule has 2 rings (SSSR count). The van der Waals surface area contributed by atoms with Crippen molar-refractivity contribution in [2.45, 2.75) is 122 Å². The highest BCUT2D eigenvalue weighted by molar-refractivity contribution is 6.29. The van der Waals surface area contributed by atoms with E-state index in [1.807, 2.05) is 0 Å². The Hall–Kier alpha value is 0.0569. The van der Waals surface area contributed by atoms with Gasteiger partial charge in [0.2, 0.25) is 0 Å². The van der Waals surface area contributed by atoms with E-state index in [-0.39, 0.29) is 6.10 Å². The molecule has 0 amide bonds. The summed E-state index contributed by atoms with van der Waals surface area (Å²) in [4.78, 5) is 0. The smallest absolute Gasteiger partial charge is 0.190 e. The average molecular weight is 401 g/mol. The zero-order chi connectivity index (χ0) is 19.5. The summed E-state index contributed by atoms with van der Waals surface area (Å²) in [6, 6.07) is 0. The van der Waals surface area contributed by atoms with Crippen molar-refractivity contribution in [2.75, 3.05) is 13.2 Å². The SMILES string of the molecule is CCCCC(OC(CCC)C1CCO1)[SiH2]OC(C)C(CCCC)C1CCO1. The van der Waals surface area contributed by atoms with Gasteiger partial charge in [0.05, 0.1) is 24.0 Å². The standard InChI is InChI=1S/C22H44O4Si/c1-5-8-11-18(19-13-15-23-19)17(4)26-27-22(12-9-6-2)25-21(10-7-3)20-14-16-24-20/h17-22H,5-16,27H2,1-4H3. The monoisotopic (exact) mass is 400 g/mol. The van der Waals surface area contributed by atoms with Gasteiger partial charge in [0.25, 0.3) is 0 Å². The predicted octanol–water partition coefficient (Wildman–Crippen LogP) is 4.56. The average Bonchev–Trinajstić information content (AvgIpc) is 2.57. The lowest BCUT2D eigenvalue weighted by Gasteiger charge is -2.39. The van der Waals surface area contributed by atoms with Crippen LogP contribution in [-0.2, 0) is 18.6 Å². The number of hydrogen-bond acceptors (Lipinski definition) is 4. The van der Waals surface area contributed by atoms with E-state index in [4.69, 9.17) is 18.6 Å². The van der Waals surface area contributed by atoms with Crippen LogP contribution in [0.1, 0.15) is 91.9 Å². The minimum atomic E-state index is -0.733. The van der Waals surface area contributed by atoms with Gasteiger partial charge in [-0.3, -0.25) is 0 Å². The zero-order valence-electron chi connectivity index (χ0n) is 18.3. The molecule has 0 radical (unpaired) electrons. The Balaban J connectivity index is 1.84. The minimum absolute atomic E-state index is 0.267. The molecular formula is C22H44O4Si. The maximum absolute atomic E-state index is 6.59. The summed E-state index contributed by atoms with van der Waals surface area (Å²) in [5.41, 5.74) is 0.322. The summed E-state index contributed by atoms with van der Waals surface area (Å²) in [6.45, 7) is 10.9. The third kappa shape index (κ3) is 7.77. The van der Waals surface area contributed by atoms with Crippen LogP contribution in [0, 0.1) is 5.92 Å². The summed E-state index contributed by atoms with van der Waals surface area (Å²) in [5, 5.41) is 0. The van der Waals surface area contributed by atoms with Crippen LogP contribution in [-0.4, -0.2) is 53.1 Å². The van der Waals surface area contributed by atoms with E-state index >= 15 is 0 Å². The zero-order valence-corrected chi connectivity index (χ0v) is 19.7. The van der Waals surface area contributed by atoms with E-state index in [0.717, 1.165) is 38.9 Å². The molecule has 4 nitrogen and oxygen atoms in total. The van der Waals surface area contributed by atoms with Crippen molar-refractivity contribution in [3.05, 3.63) is 0 Å². The summed E-state index contributed by atoms with van der Waals surface area (Å²) in [5.74, 6) is 0.555. The second-order valence-corrected chi connectivity index (χ2v) is 10.0. The van der Waals surface area contributed by atoms with Gasteiger partial charge in [-0.1, -0.05) is 52.9 Å². The molecule has 2 fully saturated rings. The molecule has 0 aromatic heterocycles. The molecule has 0 aliphatic carbocycles. The number of rotatable bonds is 16. The van der Waals surface area contributed by atoms with E-state index in [2.05, 4.69) is 27.7 Å². The quantitative estimate of drug-likeness (QED) is 0.356. The molecule has 2 aliphatic heterocycles. The highest BCUT2D eigenvalue weighted by atomic mass is 28.2. The summed E-state index contributed by atoms with van der Waals surface area (Å²) >= 11 is 0. The van der Waals surface area contributed by atoms with Crippen molar-refractivity contribution in [1.82, 2.24) is 0 Å². The summed E-state index contributed by atoms with van der Waals surface area (Å²) in [7, 11) is -0.733. The number of unbranched alkanes of at least 4 members (excludes halogenated alkanes) is 2. The lowest BCUT2D eigenvalue weighted by atomic mass is 9.87. The van der Waals surface area contributed by atoms with E-state index < -0.39 is 9.76 Å². The van der Waals surface area contributed by atoms with Crippen LogP contribution in [0.15, 0.2) is 0 Å². The Bertz CT molecular complexity index is 373. The molecule has 6 atom stereocenters. The normalized spacial score (nSPS) is 27.1. The van der Waals surface area contributed by atoms with Gasteiger partial charge in [-0.25, -0.2) is 0 Å². The van der Waals surface area contributed by atoms with Crippen LogP contribution in [0.5, 0.6) is 0 Å². The van der Waals surface area contributed by atoms with E-state index in [9.17, 15) is 0 Å². The Morgan fingerprint density at radius 2 is 1.52 bits per heavy atom. The molecule has 0 spiro atoms. The lowest BCUT2D eigenvalue weighted by Crippen LogP contribution is -2.45. The fourth-order valence-corrected chi connectivity index (χ4v) is 5.73. The second kappa shape index (κ2) is 13.3. The van der Waals surface area contributed by atoms with Crippen LogP contribution in [0.2, 0.25) is 0 Å². The van der Waals surface area contributed by atoms with Crippen molar-refractivity contribution in [3.63, 3.8) is 0 Å². The molecule has 0 aromatic rings. The van der Waals surface area contributed by atoms with Gasteiger partial charge in [0.1, 0.15) is 0 Å². The van der Waals surface area contributed by atoms with E-state index in [1.54, 1.807) is 0 Å². The lowest BCUT2D eigenvalue weighted by molar-refractivity contribution is -0.149. The first-order chi connectivity index (χ1) is 13.2. The molecule has 160 valence electrons. The molecule has 2 aliphatic rings. The van der Waals surface area contributed by atoms with Crippen LogP contribution >= 0.6 is 0 Å². The Kier molecular flexibility index (Phi) is 11.5. The first-order valence-electron chi connectivity index (χ1n) is 11.7. The topological polar surface area (TPSA) is 36.9 Å². The highest BCUT2D eigenvalue weighted by Crippen LogP contribution is 2.29. The fraction of sp³-hybridized carbons (Fsp3) is 1.00. The number of hydrogen-bond donors (Lipinski definition) is 0. The molecule has 0 aromatic carbocycles. The summed E-state index contributed by atoms with van der Waals surface area (Å²) < 4.78 is 24.7. The summed E-state index contributed by atoms with van der Waals surface area (Å²) in [6.07, 6.45) is 13.3. The Morgan fingerprint density at radius 3 is 2.04 bits per heavy atom. The second-order valence-electron chi connectivity index (χ2n) is 8.47. The van der Waals surface area contributed by atoms with Crippen LogP contribution in [0.4, 0.5) is 0 Å². The van der Waals surface area contributed by atoms with Crippen molar-refractivity contribution < 1.29 is 18.6 Å². The number of ether oxygens (including phenoxy) is 3. The third-order valence-electron chi connectivity index (χ3n) is 6.22. The molecule has 27 heavy (non-hydrogen) atoms. The van der Waals surface area contributed by atoms with E-state index in [1.165, 1.54) is 38.5 Å². The van der Waals surface area contributed by atoms with Gasteiger partial charge < -0.3 is 18.6 Å². The van der Waals surface area contributed by atoms with Gasteiger partial charge in [0.15, 0.2) is 9.76 Å². The van der Waals surface area contributed by atoms with Gasteiger partial charge in [-0.05, 0) is 39.0 Å². The van der Waals surface area contributed by atoms with E-state index in [0.29, 0.717) is 30.0 Å². The molecular weight excluding hydrogens is 356 g/mol. The minimum Gasteiger partial charge on any atom is -0.418 e. The molecule has 5 heteroatoms. The molecule has 6 unspecified atom stereocenters. The van der Waals surface area contributed by atoms with Crippen molar-refractivity contribution >= 4 is 9.76 Å².